The van der Waals surface area contributed by atoms with E-state index >= 15 is 0 Å². The van der Waals surface area contributed by atoms with Gasteiger partial charge in [-0.1, -0.05) is 6.08 Å². The molecule has 22 heavy (non-hydrogen) atoms. The molecule has 0 amide bonds. The lowest BCUT2D eigenvalue weighted by molar-refractivity contribution is -0.142. The lowest BCUT2D eigenvalue weighted by atomic mass is 9.81. The smallest absolute Gasteiger partial charge is 0.309 e. The molecule has 1 unspecified atom stereocenters. The first-order valence-corrected chi connectivity index (χ1v) is 7.83. The van der Waals surface area contributed by atoms with E-state index in [9.17, 15) is 14.4 Å². The molecule has 5 nitrogen and oxygen atoms in total. The highest BCUT2D eigenvalue weighted by atomic mass is 16.5. The monoisotopic (exact) mass is 304 g/mol. The molecular formula is C17H20O5. The number of ketones is 1. The van der Waals surface area contributed by atoms with Gasteiger partial charge in [0.1, 0.15) is 6.61 Å². The molecule has 1 spiro atoms. The largest absolute Gasteiger partial charge is 0.466 e. The maximum Gasteiger partial charge on any atom is 0.309 e. The Labute approximate surface area is 129 Å². The van der Waals surface area contributed by atoms with E-state index in [-0.39, 0.29) is 37.2 Å². The molecule has 1 heterocycles. The van der Waals surface area contributed by atoms with Gasteiger partial charge in [0.05, 0.1) is 24.9 Å². The van der Waals surface area contributed by atoms with E-state index in [4.69, 9.17) is 9.47 Å². The molecule has 1 atom stereocenters. The molecule has 0 bridgehead atoms. The van der Waals surface area contributed by atoms with Crippen LogP contribution >= 0.6 is 0 Å². The molecule has 0 saturated carbocycles. The molecule has 1 saturated heterocycles. The summed E-state index contributed by atoms with van der Waals surface area (Å²) < 4.78 is 10.1. The van der Waals surface area contributed by atoms with Crippen LogP contribution in [0.1, 0.15) is 45.4 Å². The maximum absolute atomic E-state index is 12.9. The highest BCUT2D eigenvalue weighted by molar-refractivity contribution is 6.09. The summed E-state index contributed by atoms with van der Waals surface area (Å²) in [5.74, 6) is -0.667. The minimum Gasteiger partial charge on any atom is -0.466 e. The van der Waals surface area contributed by atoms with Crippen molar-refractivity contribution in [3.05, 3.63) is 22.8 Å². The molecule has 118 valence electrons. The summed E-state index contributed by atoms with van der Waals surface area (Å²) in [6.45, 7) is 2.22. The first-order chi connectivity index (χ1) is 10.6. The predicted octanol–water partition coefficient (Wildman–Crippen LogP) is 2.25. The normalized spacial score (nSPS) is 27.6. The van der Waals surface area contributed by atoms with Gasteiger partial charge in [-0.15, -0.1) is 0 Å². The molecule has 3 aliphatic rings. The molecule has 0 radical (unpaired) electrons. The molecule has 5 heteroatoms. The molecule has 0 N–H and O–H groups in total. The fourth-order valence-corrected chi connectivity index (χ4v) is 3.67. The second-order valence-corrected chi connectivity index (χ2v) is 6.21. The van der Waals surface area contributed by atoms with E-state index in [2.05, 4.69) is 6.08 Å². The summed E-state index contributed by atoms with van der Waals surface area (Å²) in [4.78, 5) is 36.3. The van der Waals surface area contributed by atoms with Gasteiger partial charge in [0, 0.05) is 5.57 Å². The summed E-state index contributed by atoms with van der Waals surface area (Å²) in [5.41, 5.74) is 1.73. The zero-order chi connectivity index (χ0) is 15.7. The Bertz CT molecular complexity index is 598. The molecule has 0 aromatic heterocycles. The first-order valence-electron chi connectivity index (χ1n) is 7.83. The van der Waals surface area contributed by atoms with E-state index in [1.165, 1.54) is 0 Å². The zero-order valence-corrected chi connectivity index (χ0v) is 12.8. The second kappa shape index (κ2) is 5.71. The van der Waals surface area contributed by atoms with Gasteiger partial charge in [0.15, 0.2) is 5.78 Å². The molecule has 0 aromatic carbocycles. The minimum absolute atomic E-state index is 0.0224. The molecule has 1 fully saturated rings. The van der Waals surface area contributed by atoms with Crippen LogP contribution in [0.2, 0.25) is 0 Å². The maximum atomic E-state index is 12.9. The standard InChI is InChI=1S/C17H20O5/c1-2-21-13(18)7-12-8-17(9-14(19)22-10-17)16(20)15(12)11-5-3-4-6-11/h5H,2-4,6-10H2,1H3. The lowest BCUT2D eigenvalue weighted by Crippen LogP contribution is -2.28. The van der Waals surface area contributed by atoms with Gasteiger partial charge in [0.2, 0.25) is 0 Å². The Kier molecular flexibility index (Phi) is 3.89. The number of carbonyl (C=O) groups excluding carboxylic acids is 3. The topological polar surface area (TPSA) is 69.7 Å². The SMILES string of the molecule is CCOC(=O)CC1=C(C2=CCCC2)C(=O)C2(COC(=O)C2)C1. The number of carbonyl (C=O) groups is 3. The van der Waals surface area contributed by atoms with Crippen LogP contribution in [0.5, 0.6) is 0 Å². The average Bonchev–Trinajstić information content (AvgIpc) is 3.14. The van der Waals surface area contributed by atoms with E-state index in [0.29, 0.717) is 18.6 Å². The van der Waals surface area contributed by atoms with Crippen LogP contribution in [0.3, 0.4) is 0 Å². The third kappa shape index (κ3) is 2.49. The van der Waals surface area contributed by atoms with Crippen molar-refractivity contribution in [2.24, 2.45) is 5.41 Å². The van der Waals surface area contributed by atoms with Crippen LogP contribution < -0.4 is 0 Å². The van der Waals surface area contributed by atoms with Gasteiger partial charge in [-0.25, -0.2) is 0 Å². The highest BCUT2D eigenvalue weighted by Crippen LogP contribution is 2.49. The van der Waals surface area contributed by atoms with Crippen molar-refractivity contribution in [1.82, 2.24) is 0 Å². The molecule has 3 rings (SSSR count). The number of esters is 2. The fraction of sp³-hybridized carbons (Fsp3) is 0.588. The quantitative estimate of drug-likeness (QED) is 0.745. The van der Waals surface area contributed by atoms with Gasteiger partial charge >= 0.3 is 11.9 Å². The molecule has 1 aliphatic heterocycles. The predicted molar refractivity (Wildman–Crippen MR) is 77.8 cm³/mol. The zero-order valence-electron chi connectivity index (χ0n) is 12.8. The number of rotatable bonds is 4. The minimum atomic E-state index is -0.780. The van der Waals surface area contributed by atoms with Crippen molar-refractivity contribution < 1.29 is 23.9 Å². The van der Waals surface area contributed by atoms with Gasteiger partial charge in [-0.2, -0.15) is 0 Å². The van der Waals surface area contributed by atoms with Crippen LogP contribution in [0.4, 0.5) is 0 Å². The third-order valence-electron chi connectivity index (χ3n) is 4.63. The van der Waals surface area contributed by atoms with Gasteiger partial charge in [-0.05, 0) is 43.8 Å². The Balaban J connectivity index is 1.91. The van der Waals surface area contributed by atoms with E-state index < -0.39 is 5.41 Å². The number of ether oxygens (including phenoxy) is 2. The molecule has 0 aromatic rings. The lowest BCUT2D eigenvalue weighted by Gasteiger charge is -2.17. The van der Waals surface area contributed by atoms with Crippen molar-refractivity contribution >= 4 is 17.7 Å². The van der Waals surface area contributed by atoms with Gasteiger partial charge < -0.3 is 9.47 Å². The Morgan fingerprint density at radius 2 is 2.18 bits per heavy atom. The summed E-state index contributed by atoms with van der Waals surface area (Å²) >= 11 is 0. The van der Waals surface area contributed by atoms with Gasteiger partial charge in [-0.3, -0.25) is 14.4 Å². The Morgan fingerprint density at radius 3 is 2.77 bits per heavy atom. The van der Waals surface area contributed by atoms with Crippen LogP contribution in [0.15, 0.2) is 22.8 Å². The number of allylic oxidation sites excluding steroid dienone is 3. The van der Waals surface area contributed by atoms with Crippen LogP contribution in [-0.4, -0.2) is 30.9 Å². The molecule has 2 aliphatic carbocycles. The highest BCUT2D eigenvalue weighted by Gasteiger charge is 2.53. The number of cyclic esters (lactones) is 1. The number of hydrogen-bond acceptors (Lipinski definition) is 5. The summed E-state index contributed by atoms with van der Waals surface area (Å²) in [7, 11) is 0. The van der Waals surface area contributed by atoms with Crippen LogP contribution in [0.25, 0.3) is 0 Å². The summed E-state index contributed by atoms with van der Waals surface area (Å²) in [6, 6.07) is 0. The number of Topliss-reactive ketones (excluding diaryl/α,β-unsaturated/α-hetero) is 1. The molecular weight excluding hydrogens is 284 g/mol. The van der Waals surface area contributed by atoms with Gasteiger partial charge in [0.25, 0.3) is 0 Å². The van der Waals surface area contributed by atoms with E-state index in [1.807, 2.05) is 0 Å². The fourth-order valence-electron chi connectivity index (χ4n) is 3.67. The number of hydrogen-bond donors (Lipinski definition) is 0. The summed E-state index contributed by atoms with van der Waals surface area (Å²) in [6.07, 6.45) is 5.61. The van der Waals surface area contributed by atoms with Crippen molar-refractivity contribution in [2.75, 3.05) is 13.2 Å². The van der Waals surface area contributed by atoms with Crippen molar-refractivity contribution in [3.63, 3.8) is 0 Å². The third-order valence-corrected chi connectivity index (χ3v) is 4.63. The second-order valence-electron chi connectivity index (χ2n) is 6.21. The van der Waals surface area contributed by atoms with Crippen molar-refractivity contribution in [2.45, 2.75) is 45.4 Å². The van der Waals surface area contributed by atoms with Crippen molar-refractivity contribution in [1.29, 1.82) is 0 Å². The van der Waals surface area contributed by atoms with Crippen LogP contribution in [0, 0.1) is 5.41 Å². The Morgan fingerprint density at radius 1 is 1.36 bits per heavy atom. The van der Waals surface area contributed by atoms with E-state index in [1.54, 1.807) is 6.92 Å². The van der Waals surface area contributed by atoms with Crippen LogP contribution in [-0.2, 0) is 23.9 Å². The first kappa shape index (κ1) is 15.0. The van der Waals surface area contributed by atoms with E-state index in [0.717, 1.165) is 30.4 Å². The summed E-state index contributed by atoms with van der Waals surface area (Å²) in [5, 5.41) is 0. The average molecular weight is 304 g/mol. The Hall–Kier alpha value is -1.91. The van der Waals surface area contributed by atoms with Crippen molar-refractivity contribution in [3.8, 4) is 0 Å².